The van der Waals surface area contributed by atoms with Crippen molar-refractivity contribution in [2.45, 2.75) is 0 Å². The molecule has 7 heteroatoms. The maximum absolute atomic E-state index is 11.9. The van der Waals surface area contributed by atoms with Gasteiger partial charge in [0.05, 0.1) is 12.7 Å². The number of rotatable bonds is 3. The van der Waals surface area contributed by atoms with Crippen molar-refractivity contribution in [2.75, 3.05) is 12.4 Å². The molecule has 112 valence electrons. The number of hydrogen-bond donors (Lipinski definition) is 2. The fourth-order valence-electron chi connectivity index (χ4n) is 1.62. The SMILES string of the molecule is COC(=O)c1ccc(NC(=S)NC(=O)c2ccccc2)nc1. The van der Waals surface area contributed by atoms with Gasteiger partial charge in [-0.1, -0.05) is 18.2 Å². The number of ether oxygens (including phenoxy) is 1. The van der Waals surface area contributed by atoms with E-state index in [0.29, 0.717) is 16.9 Å². The first-order chi connectivity index (χ1) is 10.6. The second-order valence-electron chi connectivity index (χ2n) is 4.20. The highest BCUT2D eigenvalue weighted by molar-refractivity contribution is 7.80. The second kappa shape index (κ2) is 7.28. The lowest BCUT2D eigenvalue weighted by atomic mass is 10.2. The van der Waals surface area contributed by atoms with Gasteiger partial charge < -0.3 is 10.1 Å². The fraction of sp³-hybridized carbons (Fsp3) is 0.0667. The smallest absolute Gasteiger partial charge is 0.339 e. The molecule has 0 aliphatic rings. The number of nitrogens with one attached hydrogen (secondary N) is 2. The van der Waals surface area contributed by atoms with Gasteiger partial charge in [0.1, 0.15) is 5.82 Å². The number of carbonyl (C=O) groups excluding carboxylic acids is 2. The second-order valence-corrected chi connectivity index (χ2v) is 4.61. The van der Waals surface area contributed by atoms with Crippen molar-refractivity contribution >= 4 is 35.0 Å². The lowest BCUT2D eigenvalue weighted by molar-refractivity contribution is 0.0600. The molecule has 1 aromatic heterocycles. The monoisotopic (exact) mass is 315 g/mol. The quantitative estimate of drug-likeness (QED) is 0.666. The van der Waals surface area contributed by atoms with Gasteiger partial charge in [0.25, 0.3) is 5.91 Å². The number of pyridine rings is 1. The summed E-state index contributed by atoms with van der Waals surface area (Å²) in [6, 6.07) is 11.8. The van der Waals surface area contributed by atoms with Crippen LogP contribution in [0.2, 0.25) is 0 Å². The molecule has 0 saturated heterocycles. The lowest BCUT2D eigenvalue weighted by Crippen LogP contribution is -2.34. The number of hydrogen-bond acceptors (Lipinski definition) is 5. The number of carbonyl (C=O) groups is 2. The Morgan fingerprint density at radius 3 is 2.41 bits per heavy atom. The van der Waals surface area contributed by atoms with Gasteiger partial charge in [0.2, 0.25) is 0 Å². The average Bonchev–Trinajstić information content (AvgIpc) is 2.55. The third kappa shape index (κ3) is 4.10. The first-order valence-electron chi connectivity index (χ1n) is 6.32. The average molecular weight is 315 g/mol. The summed E-state index contributed by atoms with van der Waals surface area (Å²) in [6.45, 7) is 0. The van der Waals surface area contributed by atoms with Crippen molar-refractivity contribution in [1.82, 2.24) is 10.3 Å². The molecular weight excluding hydrogens is 302 g/mol. The Hall–Kier alpha value is -2.80. The van der Waals surface area contributed by atoms with Crippen molar-refractivity contribution in [3.8, 4) is 0 Å². The summed E-state index contributed by atoms with van der Waals surface area (Å²) in [7, 11) is 1.29. The number of aromatic nitrogens is 1. The number of benzene rings is 1. The first kappa shape index (κ1) is 15.6. The predicted molar refractivity (Wildman–Crippen MR) is 85.7 cm³/mol. The van der Waals surface area contributed by atoms with Crippen LogP contribution in [0.3, 0.4) is 0 Å². The largest absolute Gasteiger partial charge is 0.465 e. The number of esters is 1. The van der Waals surface area contributed by atoms with E-state index < -0.39 is 5.97 Å². The Labute approximate surface area is 132 Å². The maximum Gasteiger partial charge on any atom is 0.339 e. The van der Waals surface area contributed by atoms with E-state index in [4.69, 9.17) is 12.2 Å². The summed E-state index contributed by atoms with van der Waals surface area (Å²) in [5.74, 6) is -0.380. The topological polar surface area (TPSA) is 80.3 Å². The normalized spacial score (nSPS) is 9.68. The van der Waals surface area contributed by atoms with Crippen LogP contribution in [0.25, 0.3) is 0 Å². The molecule has 2 rings (SSSR count). The van der Waals surface area contributed by atoms with E-state index in [0.717, 1.165) is 0 Å². The van der Waals surface area contributed by atoms with E-state index in [9.17, 15) is 9.59 Å². The van der Waals surface area contributed by atoms with Crippen LogP contribution >= 0.6 is 12.2 Å². The number of methoxy groups -OCH3 is 1. The van der Waals surface area contributed by atoms with Gasteiger partial charge in [-0.05, 0) is 36.5 Å². The molecule has 0 atom stereocenters. The van der Waals surface area contributed by atoms with Crippen molar-refractivity contribution in [1.29, 1.82) is 0 Å². The van der Waals surface area contributed by atoms with Gasteiger partial charge in [-0.3, -0.25) is 10.1 Å². The van der Waals surface area contributed by atoms with E-state index in [1.165, 1.54) is 13.3 Å². The van der Waals surface area contributed by atoms with Gasteiger partial charge >= 0.3 is 5.97 Å². The Kier molecular flexibility index (Phi) is 5.16. The minimum Gasteiger partial charge on any atom is -0.465 e. The van der Waals surface area contributed by atoms with Crippen molar-refractivity contribution < 1.29 is 14.3 Å². The molecule has 0 aliphatic carbocycles. The highest BCUT2D eigenvalue weighted by Gasteiger charge is 2.09. The molecule has 0 unspecified atom stereocenters. The minimum atomic E-state index is -0.473. The summed E-state index contributed by atoms with van der Waals surface area (Å²) in [6.07, 6.45) is 1.36. The van der Waals surface area contributed by atoms with Crippen LogP contribution in [0.1, 0.15) is 20.7 Å². The number of thiocarbonyl (C=S) groups is 1. The van der Waals surface area contributed by atoms with Crippen LogP contribution in [0.4, 0.5) is 5.82 Å². The van der Waals surface area contributed by atoms with Crippen LogP contribution in [-0.4, -0.2) is 29.1 Å². The summed E-state index contributed by atoms with van der Waals surface area (Å²) >= 11 is 5.04. The zero-order valence-corrected chi connectivity index (χ0v) is 12.5. The van der Waals surface area contributed by atoms with E-state index in [1.54, 1.807) is 36.4 Å². The third-order valence-corrected chi connectivity index (χ3v) is 2.89. The fourth-order valence-corrected chi connectivity index (χ4v) is 1.82. The van der Waals surface area contributed by atoms with Gasteiger partial charge in [-0.25, -0.2) is 9.78 Å². The van der Waals surface area contributed by atoms with Crippen LogP contribution in [0, 0.1) is 0 Å². The number of anilines is 1. The van der Waals surface area contributed by atoms with Gasteiger partial charge in [-0.15, -0.1) is 0 Å². The minimum absolute atomic E-state index is 0.118. The Balaban J connectivity index is 1.95. The zero-order chi connectivity index (χ0) is 15.9. The molecule has 6 nitrogen and oxygen atoms in total. The summed E-state index contributed by atoms with van der Waals surface area (Å²) in [4.78, 5) is 27.2. The molecule has 0 radical (unpaired) electrons. The van der Waals surface area contributed by atoms with Gasteiger partial charge in [-0.2, -0.15) is 0 Å². The summed E-state index contributed by atoms with van der Waals surface area (Å²) < 4.78 is 4.58. The lowest BCUT2D eigenvalue weighted by Gasteiger charge is -2.09. The molecule has 0 saturated carbocycles. The molecule has 1 heterocycles. The highest BCUT2D eigenvalue weighted by Crippen LogP contribution is 2.06. The van der Waals surface area contributed by atoms with E-state index in [2.05, 4.69) is 20.4 Å². The predicted octanol–water partition coefficient (Wildman–Crippen LogP) is 1.99. The molecule has 0 fully saturated rings. The van der Waals surface area contributed by atoms with Crippen LogP contribution in [0.5, 0.6) is 0 Å². The summed E-state index contributed by atoms with van der Waals surface area (Å²) in [5.41, 5.74) is 0.827. The van der Waals surface area contributed by atoms with Crippen molar-refractivity contribution in [2.24, 2.45) is 0 Å². The van der Waals surface area contributed by atoms with E-state index in [1.807, 2.05) is 6.07 Å². The van der Waals surface area contributed by atoms with Crippen LogP contribution < -0.4 is 10.6 Å². The van der Waals surface area contributed by atoms with Gasteiger partial charge in [0, 0.05) is 11.8 Å². The Bertz CT molecular complexity index is 687. The number of nitrogens with zero attached hydrogens (tertiary/aromatic N) is 1. The van der Waals surface area contributed by atoms with Crippen molar-refractivity contribution in [3.05, 3.63) is 59.8 Å². The maximum atomic E-state index is 11.9. The molecule has 0 bridgehead atoms. The third-order valence-electron chi connectivity index (χ3n) is 2.69. The molecule has 0 spiro atoms. The molecule has 2 N–H and O–H groups in total. The standard InChI is InChI=1S/C15H13N3O3S/c1-21-14(20)11-7-8-12(16-9-11)17-15(22)18-13(19)10-5-3-2-4-6-10/h2-9H,1H3,(H2,16,17,18,19,22). The molecule has 1 aromatic carbocycles. The molecule has 22 heavy (non-hydrogen) atoms. The van der Waals surface area contributed by atoms with Gasteiger partial charge in [0.15, 0.2) is 5.11 Å². The first-order valence-corrected chi connectivity index (χ1v) is 6.72. The molecule has 2 aromatic rings. The molecule has 0 aliphatic heterocycles. The molecule has 1 amide bonds. The Morgan fingerprint density at radius 1 is 1.09 bits per heavy atom. The summed E-state index contributed by atoms with van der Waals surface area (Å²) in [5, 5.41) is 5.42. The Morgan fingerprint density at radius 2 is 1.82 bits per heavy atom. The van der Waals surface area contributed by atoms with E-state index in [-0.39, 0.29) is 11.0 Å². The number of amides is 1. The van der Waals surface area contributed by atoms with Crippen LogP contribution in [0.15, 0.2) is 48.7 Å². The molecular formula is C15H13N3O3S. The van der Waals surface area contributed by atoms with Crippen molar-refractivity contribution in [3.63, 3.8) is 0 Å². The highest BCUT2D eigenvalue weighted by atomic mass is 32.1. The van der Waals surface area contributed by atoms with Crippen LogP contribution in [-0.2, 0) is 4.74 Å². The van der Waals surface area contributed by atoms with E-state index >= 15 is 0 Å². The zero-order valence-electron chi connectivity index (χ0n) is 11.7.